The quantitative estimate of drug-likeness (QED) is 0.183. The summed E-state index contributed by atoms with van der Waals surface area (Å²) in [4.78, 5) is 10.8. The lowest BCUT2D eigenvalue weighted by atomic mass is 9.93. The molecule has 228 valence electrons. The zero-order chi connectivity index (χ0) is 32.3. The predicted octanol–water partition coefficient (Wildman–Crippen LogP) is 12.5. The van der Waals surface area contributed by atoms with Crippen LogP contribution in [-0.4, -0.2) is 9.97 Å². The summed E-state index contributed by atoms with van der Waals surface area (Å²) in [5.41, 5.74) is 12.0. The van der Waals surface area contributed by atoms with Crippen molar-refractivity contribution in [3.63, 3.8) is 0 Å². The molecule has 0 aliphatic heterocycles. The molecule has 0 aliphatic rings. The highest BCUT2D eigenvalue weighted by Crippen LogP contribution is 2.41. The maximum atomic E-state index is 6.40. The summed E-state index contributed by atoms with van der Waals surface area (Å²) in [5.74, 6) is 0. The van der Waals surface area contributed by atoms with Crippen LogP contribution < -0.4 is 0 Å². The number of hydrogen-bond donors (Lipinski definition) is 0. The number of rotatable bonds is 4. The van der Waals surface area contributed by atoms with Crippen LogP contribution in [0, 0.1) is 0 Å². The SMILES string of the molecule is c1ccc(-c2nc3c4ccccc4c4cc(-c5cccc(-c6cccc7c6oc6ccccc67)c5)ccc4c3nc2-c2ccccc2)cc1. The first-order valence-electron chi connectivity index (χ1n) is 16.6. The Kier molecular flexibility index (Phi) is 6.18. The molecule has 0 bridgehead atoms. The van der Waals surface area contributed by atoms with Crippen LogP contribution in [0.1, 0.15) is 0 Å². The van der Waals surface area contributed by atoms with Gasteiger partial charge in [0.25, 0.3) is 0 Å². The van der Waals surface area contributed by atoms with Crippen molar-refractivity contribution in [3.8, 4) is 44.8 Å². The molecule has 0 amide bonds. The van der Waals surface area contributed by atoms with Gasteiger partial charge in [0.05, 0.1) is 22.4 Å². The van der Waals surface area contributed by atoms with Crippen LogP contribution in [0.4, 0.5) is 0 Å². The highest BCUT2D eigenvalue weighted by atomic mass is 16.3. The number of benzene rings is 8. The van der Waals surface area contributed by atoms with Crippen molar-refractivity contribution < 1.29 is 4.42 Å². The van der Waals surface area contributed by atoms with Gasteiger partial charge in [-0.1, -0.05) is 152 Å². The summed E-state index contributed by atoms with van der Waals surface area (Å²) in [6.45, 7) is 0. The third-order valence-electron chi connectivity index (χ3n) is 9.65. The van der Waals surface area contributed by atoms with Gasteiger partial charge < -0.3 is 4.42 Å². The molecule has 0 radical (unpaired) electrons. The van der Waals surface area contributed by atoms with Crippen LogP contribution >= 0.6 is 0 Å². The van der Waals surface area contributed by atoms with Gasteiger partial charge in [-0.15, -0.1) is 0 Å². The van der Waals surface area contributed by atoms with Crippen LogP contribution in [-0.2, 0) is 0 Å². The molecule has 10 rings (SSSR count). The fourth-order valence-electron chi connectivity index (χ4n) is 7.32. The molecular weight excluding hydrogens is 597 g/mol. The van der Waals surface area contributed by atoms with Crippen molar-refractivity contribution >= 4 is 54.5 Å². The molecule has 2 heterocycles. The van der Waals surface area contributed by atoms with E-state index in [1.54, 1.807) is 0 Å². The Balaban J connectivity index is 1.19. The normalized spacial score (nSPS) is 11.7. The van der Waals surface area contributed by atoms with E-state index in [-0.39, 0.29) is 0 Å². The summed E-state index contributed by atoms with van der Waals surface area (Å²) >= 11 is 0. The Bertz CT molecular complexity index is 2870. The minimum atomic E-state index is 0.882. The predicted molar refractivity (Wildman–Crippen MR) is 204 cm³/mol. The number of fused-ring (bicyclic) bond motifs is 9. The second kappa shape index (κ2) is 11.0. The third kappa shape index (κ3) is 4.44. The zero-order valence-electron chi connectivity index (χ0n) is 26.5. The van der Waals surface area contributed by atoms with Gasteiger partial charge in [0.1, 0.15) is 11.2 Å². The molecule has 0 aliphatic carbocycles. The van der Waals surface area contributed by atoms with Crippen LogP contribution in [0.25, 0.3) is 99.3 Å². The molecule has 10 aromatic rings. The first kappa shape index (κ1) is 27.5. The Morgan fingerprint density at radius 1 is 0.327 bits per heavy atom. The van der Waals surface area contributed by atoms with Gasteiger partial charge in [0.2, 0.25) is 0 Å². The van der Waals surface area contributed by atoms with E-state index in [1.165, 1.54) is 0 Å². The molecule has 3 nitrogen and oxygen atoms in total. The number of aromatic nitrogens is 2. The van der Waals surface area contributed by atoms with Crippen molar-refractivity contribution in [3.05, 3.63) is 170 Å². The van der Waals surface area contributed by atoms with Gasteiger partial charge in [0.15, 0.2) is 0 Å². The molecule has 3 heteroatoms. The second-order valence-electron chi connectivity index (χ2n) is 12.5. The van der Waals surface area contributed by atoms with E-state index < -0.39 is 0 Å². The van der Waals surface area contributed by atoms with Gasteiger partial charge in [-0.25, -0.2) is 9.97 Å². The fraction of sp³-hybridized carbons (Fsp3) is 0. The van der Waals surface area contributed by atoms with E-state index in [2.05, 4.69) is 146 Å². The van der Waals surface area contributed by atoms with E-state index in [0.717, 1.165) is 99.3 Å². The van der Waals surface area contributed by atoms with Gasteiger partial charge in [-0.2, -0.15) is 0 Å². The highest BCUT2D eigenvalue weighted by molar-refractivity contribution is 6.24. The lowest BCUT2D eigenvalue weighted by Crippen LogP contribution is -1.97. The number of hydrogen-bond acceptors (Lipinski definition) is 3. The molecule has 0 atom stereocenters. The maximum absolute atomic E-state index is 6.40. The number of furan rings is 1. The molecule has 0 fully saturated rings. The molecule has 0 spiro atoms. The Morgan fingerprint density at radius 2 is 0.857 bits per heavy atom. The Hall–Kier alpha value is -6.58. The largest absolute Gasteiger partial charge is 0.455 e. The van der Waals surface area contributed by atoms with E-state index in [9.17, 15) is 0 Å². The van der Waals surface area contributed by atoms with Gasteiger partial charge in [-0.3, -0.25) is 0 Å². The topological polar surface area (TPSA) is 38.9 Å². The van der Waals surface area contributed by atoms with Gasteiger partial charge in [0, 0.05) is 38.2 Å². The average Bonchev–Trinajstić information content (AvgIpc) is 3.57. The van der Waals surface area contributed by atoms with Crippen molar-refractivity contribution in [2.45, 2.75) is 0 Å². The van der Waals surface area contributed by atoms with Crippen molar-refractivity contribution in [2.75, 3.05) is 0 Å². The molecular formula is C46H28N2O. The molecule has 8 aromatic carbocycles. The molecule has 0 saturated carbocycles. The molecule has 0 unspecified atom stereocenters. The molecule has 0 N–H and O–H groups in total. The van der Waals surface area contributed by atoms with Crippen molar-refractivity contribution in [2.24, 2.45) is 0 Å². The molecule has 49 heavy (non-hydrogen) atoms. The second-order valence-corrected chi connectivity index (χ2v) is 12.5. The summed E-state index contributed by atoms with van der Waals surface area (Å²) in [5, 5.41) is 6.77. The van der Waals surface area contributed by atoms with Crippen LogP contribution in [0.3, 0.4) is 0 Å². The van der Waals surface area contributed by atoms with Crippen molar-refractivity contribution in [1.82, 2.24) is 9.97 Å². The van der Waals surface area contributed by atoms with E-state index in [1.807, 2.05) is 24.3 Å². The average molecular weight is 625 g/mol. The zero-order valence-corrected chi connectivity index (χ0v) is 26.5. The standard InChI is InChI=1S/C46H28N2O/c1-3-13-29(14-4-1)42-43(30-15-5-2-6-16-30)48-45-38-26-25-32(28-40(38)35-19-7-8-21-37(35)44(45)47-42)31-17-11-18-33(27-31)34-22-12-23-39-36-20-9-10-24-41(36)49-46(34)39/h1-28H. The lowest BCUT2D eigenvalue weighted by Gasteiger charge is -2.15. The number of para-hydroxylation sites is 2. The van der Waals surface area contributed by atoms with Crippen LogP contribution in [0.2, 0.25) is 0 Å². The van der Waals surface area contributed by atoms with Crippen molar-refractivity contribution in [1.29, 1.82) is 0 Å². The van der Waals surface area contributed by atoms with E-state index in [4.69, 9.17) is 14.4 Å². The third-order valence-corrected chi connectivity index (χ3v) is 9.65. The minimum Gasteiger partial charge on any atom is -0.455 e. The van der Waals surface area contributed by atoms with Gasteiger partial charge in [-0.05, 0) is 45.7 Å². The lowest BCUT2D eigenvalue weighted by molar-refractivity contribution is 0.670. The smallest absolute Gasteiger partial charge is 0.143 e. The summed E-state index contributed by atoms with van der Waals surface area (Å²) in [7, 11) is 0. The van der Waals surface area contributed by atoms with Gasteiger partial charge >= 0.3 is 0 Å². The first-order chi connectivity index (χ1) is 24.3. The van der Waals surface area contributed by atoms with Crippen LogP contribution in [0.5, 0.6) is 0 Å². The molecule has 2 aromatic heterocycles. The highest BCUT2D eigenvalue weighted by Gasteiger charge is 2.18. The first-order valence-corrected chi connectivity index (χ1v) is 16.6. The Morgan fingerprint density at radius 3 is 1.59 bits per heavy atom. The molecule has 0 saturated heterocycles. The fourth-order valence-corrected chi connectivity index (χ4v) is 7.32. The summed E-state index contributed by atoms with van der Waals surface area (Å²) in [6.07, 6.45) is 0. The maximum Gasteiger partial charge on any atom is 0.143 e. The monoisotopic (exact) mass is 624 g/mol. The summed E-state index contributed by atoms with van der Waals surface area (Å²) in [6, 6.07) is 59.5. The minimum absolute atomic E-state index is 0.882. The van der Waals surface area contributed by atoms with E-state index >= 15 is 0 Å². The number of nitrogens with zero attached hydrogens (tertiary/aromatic N) is 2. The summed E-state index contributed by atoms with van der Waals surface area (Å²) < 4.78 is 6.40. The Labute approximate surface area is 282 Å². The van der Waals surface area contributed by atoms with E-state index in [0.29, 0.717) is 0 Å². The van der Waals surface area contributed by atoms with Crippen LogP contribution in [0.15, 0.2) is 174 Å².